The molecule has 11 heteroatoms. The number of benzene rings is 1. The maximum atomic E-state index is 13.7. The number of fused-ring (bicyclic) bond motifs is 1. The topological polar surface area (TPSA) is 104 Å². The lowest BCUT2D eigenvalue weighted by molar-refractivity contribution is -0.136. The Morgan fingerprint density at radius 3 is 2.69 bits per heavy atom. The van der Waals surface area contributed by atoms with Crippen LogP contribution in [0.2, 0.25) is 0 Å². The number of amides is 1. The van der Waals surface area contributed by atoms with Crippen molar-refractivity contribution in [3.63, 3.8) is 0 Å². The molecule has 0 spiro atoms. The van der Waals surface area contributed by atoms with Crippen molar-refractivity contribution < 1.29 is 18.0 Å². The van der Waals surface area contributed by atoms with Crippen molar-refractivity contribution >= 4 is 28.1 Å². The van der Waals surface area contributed by atoms with Gasteiger partial charge in [0.15, 0.2) is 5.43 Å². The molecule has 0 saturated carbocycles. The SMILES string of the molecule is O=C(NCc1nccs1)c1cc(=O)c2cc(-c3cn[nH]c3)cc(C(F)(F)F)c2[nH]1. The van der Waals surface area contributed by atoms with Crippen LogP contribution in [0, 0.1) is 0 Å². The molecule has 0 aliphatic heterocycles. The standard InChI is InChI=1S/C18H12F3N5O2S/c19-18(20,21)12-4-9(10-6-24-25-7-10)3-11-14(27)5-13(26-16(11)12)17(28)23-8-15-22-1-2-29-15/h1-7H,8H2,(H,23,28)(H,24,25)(H,26,27). The van der Waals surface area contributed by atoms with Gasteiger partial charge in [-0.05, 0) is 17.7 Å². The number of hydrogen-bond acceptors (Lipinski definition) is 5. The van der Waals surface area contributed by atoms with Gasteiger partial charge in [-0.15, -0.1) is 11.3 Å². The lowest BCUT2D eigenvalue weighted by atomic mass is 10.0. The predicted molar refractivity (Wildman–Crippen MR) is 100 cm³/mol. The van der Waals surface area contributed by atoms with Crippen molar-refractivity contribution in [1.29, 1.82) is 0 Å². The van der Waals surface area contributed by atoms with E-state index in [0.717, 1.165) is 12.1 Å². The maximum Gasteiger partial charge on any atom is 0.418 e. The lowest BCUT2D eigenvalue weighted by Crippen LogP contribution is -2.25. The number of H-pyrrole nitrogens is 2. The number of carbonyl (C=O) groups excluding carboxylic acids is 1. The summed E-state index contributed by atoms with van der Waals surface area (Å²) in [4.78, 5) is 31.4. The first kappa shape index (κ1) is 18.9. The van der Waals surface area contributed by atoms with Crippen LogP contribution in [0.1, 0.15) is 21.1 Å². The second-order valence-electron chi connectivity index (χ2n) is 6.09. The van der Waals surface area contributed by atoms with Crippen molar-refractivity contribution in [2.24, 2.45) is 0 Å². The molecule has 7 nitrogen and oxygen atoms in total. The van der Waals surface area contributed by atoms with Crippen LogP contribution in [0.5, 0.6) is 0 Å². The van der Waals surface area contributed by atoms with Gasteiger partial charge in [-0.2, -0.15) is 18.3 Å². The van der Waals surface area contributed by atoms with Crippen LogP contribution in [0.15, 0.2) is 47.0 Å². The Morgan fingerprint density at radius 1 is 1.21 bits per heavy atom. The average molecular weight is 419 g/mol. The molecule has 0 fully saturated rings. The van der Waals surface area contributed by atoms with E-state index in [-0.39, 0.29) is 23.2 Å². The van der Waals surface area contributed by atoms with Crippen LogP contribution in [-0.2, 0) is 12.7 Å². The molecular weight excluding hydrogens is 407 g/mol. The number of aromatic amines is 2. The molecule has 4 rings (SSSR count). The molecule has 0 aliphatic rings. The van der Waals surface area contributed by atoms with Gasteiger partial charge in [0, 0.05) is 34.8 Å². The third-order valence-corrected chi connectivity index (χ3v) is 4.98. The van der Waals surface area contributed by atoms with E-state index >= 15 is 0 Å². The average Bonchev–Trinajstić information content (AvgIpc) is 3.38. The largest absolute Gasteiger partial charge is 0.418 e. The van der Waals surface area contributed by atoms with Crippen LogP contribution in [0.25, 0.3) is 22.0 Å². The Labute approximate surface area is 164 Å². The quantitative estimate of drug-likeness (QED) is 0.472. The fourth-order valence-corrected chi connectivity index (χ4v) is 3.42. The zero-order valence-corrected chi connectivity index (χ0v) is 15.3. The molecular formula is C18H12F3N5O2S. The number of halogens is 3. The molecule has 3 heterocycles. The molecule has 0 atom stereocenters. The maximum absolute atomic E-state index is 13.7. The molecule has 0 bridgehead atoms. The highest BCUT2D eigenvalue weighted by molar-refractivity contribution is 7.09. The summed E-state index contributed by atoms with van der Waals surface area (Å²) < 4.78 is 41.1. The van der Waals surface area contributed by atoms with Gasteiger partial charge >= 0.3 is 6.18 Å². The Morgan fingerprint density at radius 2 is 2.03 bits per heavy atom. The summed E-state index contributed by atoms with van der Waals surface area (Å²) >= 11 is 1.32. The Bertz CT molecular complexity index is 1230. The normalized spacial score (nSPS) is 11.7. The summed E-state index contributed by atoms with van der Waals surface area (Å²) in [6, 6.07) is 3.24. The fraction of sp³-hybridized carbons (Fsp3) is 0.111. The smallest absolute Gasteiger partial charge is 0.350 e. The van der Waals surface area contributed by atoms with Crippen LogP contribution < -0.4 is 10.7 Å². The second-order valence-corrected chi connectivity index (χ2v) is 7.07. The minimum Gasteiger partial charge on any atom is -0.350 e. The zero-order valence-electron chi connectivity index (χ0n) is 14.5. The number of nitrogens with zero attached hydrogens (tertiary/aromatic N) is 2. The minimum atomic E-state index is -4.74. The second kappa shape index (κ2) is 7.17. The summed E-state index contributed by atoms with van der Waals surface area (Å²) in [5, 5.41) is 11.0. The van der Waals surface area contributed by atoms with E-state index in [1.807, 2.05) is 0 Å². The monoisotopic (exact) mass is 419 g/mol. The minimum absolute atomic E-state index is 0.0993. The van der Waals surface area contributed by atoms with E-state index in [1.54, 1.807) is 11.6 Å². The molecule has 29 heavy (non-hydrogen) atoms. The summed E-state index contributed by atoms with van der Waals surface area (Å²) in [6.45, 7) is 0.0993. The van der Waals surface area contributed by atoms with Gasteiger partial charge < -0.3 is 10.3 Å². The van der Waals surface area contributed by atoms with Gasteiger partial charge in [0.2, 0.25) is 0 Å². The van der Waals surface area contributed by atoms with Crippen molar-refractivity contribution in [2.75, 3.05) is 0 Å². The van der Waals surface area contributed by atoms with E-state index in [4.69, 9.17) is 0 Å². The number of hydrogen-bond donors (Lipinski definition) is 3. The predicted octanol–water partition coefficient (Wildman–Crippen LogP) is 3.32. The fourth-order valence-electron chi connectivity index (χ4n) is 2.86. The van der Waals surface area contributed by atoms with Crippen molar-refractivity contribution in [3.05, 3.63) is 68.7 Å². The van der Waals surface area contributed by atoms with Crippen LogP contribution in [0.3, 0.4) is 0 Å². The molecule has 148 valence electrons. The molecule has 0 radical (unpaired) electrons. The molecule has 4 aromatic rings. The summed E-state index contributed by atoms with van der Waals surface area (Å²) in [5.74, 6) is -0.703. The first-order valence-electron chi connectivity index (χ1n) is 8.27. The van der Waals surface area contributed by atoms with Gasteiger partial charge in [-0.25, -0.2) is 4.98 Å². The summed E-state index contributed by atoms with van der Waals surface area (Å²) in [5.41, 5.74) is -1.86. The van der Waals surface area contributed by atoms with Crippen LogP contribution >= 0.6 is 11.3 Å². The van der Waals surface area contributed by atoms with Crippen molar-refractivity contribution in [2.45, 2.75) is 12.7 Å². The number of aromatic nitrogens is 4. The molecule has 3 N–H and O–H groups in total. The molecule has 3 aromatic heterocycles. The highest BCUT2D eigenvalue weighted by atomic mass is 32.1. The summed E-state index contributed by atoms with van der Waals surface area (Å²) in [7, 11) is 0. The third kappa shape index (κ3) is 3.76. The van der Waals surface area contributed by atoms with Gasteiger partial charge in [0.1, 0.15) is 10.7 Å². The van der Waals surface area contributed by atoms with E-state index in [2.05, 4.69) is 25.5 Å². The van der Waals surface area contributed by atoms with E-state index < -0.39 is 28.6 Å². The van der Waals surface area contributed by atoms with Crippen LogP contribution in [-0.4, -0.2) is 26.1 Å². The van der Waals surface area contributed by atoms with E-state index in [1.165, 1.54) is 29.8 Å². The number of carbonyl (C=O) groups is 1. The zero-order chi connectivity index (χ0) is 20.6. The number of pyridine rings is 1. The van der Waals surface area contributed by atoms with E-state index in [9.17, 15) is 22.8 Å². The number of thiazole rings is 1. The first-order chi connectivity index (χ1) is 13.8. The Balaban J connectivity index is 1.81. The van der Waals surface area contributed by atoms with Crippen molar-refractivity contribution in [3.8, 4) is 11.1 Å². The Hall–Kier alpha value is -3.47. The Kier molecular flexibility index (Phi) is 4.66. The molecule has 1 amide bonds. The third-order valence-electron chi connectivity index (χ3n) is 4.20. The van der Waals surface area contributed by atoms with E-state index in [0.29, 0.717) is 10.6 Å². The molecule has 1 aromatic carbocycles. The highest BCUT2D eigenvalue weighted by Crippen LogP contribution is 2.36. The number of alkyl halides is 3. The number of rotatable bonds is 4. The molecule has 0 unspecified atom stereocenters. The molecule has 0 aliphatic carbocycles. The number of nitrogens with one attached hydrogen (secondary N) is 3. The van der Waals surface area contributed by atoms with Gasteiger partial charge in [-0.3, -0.25) is 14.7 Å². The van der Waals surface area contributed by atoms with Crippen LogP contribution in [0.4, 0.5) is 13.2 Å². The molecule has 0 saturated heterocycles. The van der Waals surface area contributed by atoms with Gasteiger partial charge in [0.05, 0.1) is 23.8 Å². The van der Waals surface area contributed by atoms with Crippen molar-refractivity contribution in [1.82, 2.24) is 25.5 Å². The summed E-state index contributed by atoms with van der Waals surface area (Å²) in [6.07, 6.45) is -0.389. The van der Waals surface area contributed by atoms with Gasteiger partial charge in [-0.1, -0.05) is 0 Å². The highest BCUT2D eigenvalue weighted by Gasteiger charge is 2.34. The van der Waals surface area contributed by atoms with Gasteiger partial charge in [0.25, 0.3) is 5.91 Å². The lowest BCUT2D eigenvalue weighted by Gasteiger charge is -2.13. The first-order valence-corrected chi connectivity index (χ1v) is 9.15.